The number of rotatable bonds is 4. The highest BCUT2D eigenvalue weighted by Crippen LogP contribution is 2.04. The molecule has 1 N–H and O–H groups in total. The van der Waals surface area contributed by atoms with Gasteiger partial charge < -0.3 is 5.32 Å². The van der Waals surface area contributed by atoms with Crippen LogP contribution >= 0.6 is 0 Å². The van der Waals surface area contributed by atoms with Gasteiger partial charge in [0.05, 0.1) is 0 Å². The molecule has 1 nitrogen and oxygen atoms in total. The minimum atomic E-state index is 0.998. The zero-order chi connectivity index (χ0) is 12.7. The molecule has 0 saturated heterocycles. The van der Waals surface area contributed by atoms with Crippen LogP contribution < -0.4 is 5.32 Å². The summed E-state index contributed by atoms with van der Waals surface area (Å²) in [4.78, 5) is 0. The molecule has 0 spiro atoms. The molecule has 0 heterocycles. The quantitative estimate of drug-likeness (QED) is 0.674. The summed E-state index contributed by atoms with van der Waals surface area (Å²) in [5.41, 5.74) is 2.06. The van der Waals surface area contributed by atoms with Crippen LogP contribution in [0, 0.1) is 0 Å². The molecule has 88 valence electrons. The summed E-state index contributed by atoms with van der Waals surface area (Å²) in [6.07, 6.45) is 7.53. The Kier molecular flexibility index (Phi) is 23.9. The molecule has 0 aliphatic rings. The fraction of sp³-hybridized carbons (Fsp3) is 0.429. The number of nitrogens with one attached hydrogen (secondary N) is 1. The van der Waals surface area contributed by atoms with Crippen LogP contribution in [0.1, 0.15) is 34.6 Å². The summed E-state index contributed by atoms with van der Waals surface area (Å²) < 4.78 is 0. The van der Waals surface area contributed by atoms with Gasteiger partial charge >= 0.3 is 0 Å². The van der Waals surface area contributed by atoms with Crippen molar-refractivity contribution in [3.05, 3.63) is 48.7 Å². The van der Waals surface area contributed by atoms with Gasteiger partial charge in [0.15, 0.2) is 0 Å². The van der Waals surface area contributed by atoms with Gasteiger partial charge in [-0.25, -0.2) is 0 Å². The minimum absolute atomic E-state index is 0.998. The first-order valence-corrected chi connectivity index (χ1v) is 5.59. The predicted molar refractivity (Wildman–Crippen MR) is 74.0 cm³/mol. The summed E-state index contributed by atoms with van der Waals surface area (Å²) in [7, 11) is 1.87. The van der Waals surface area contributed by atoms with E-state index in [9.17, 15) is 0 Å². The van der Waals surface area contributed by atoms with Crippen LogP contribution in [0.3, 0.4) is 0 Å². The molecule has 0 rings (SSSR count). The lowest BCUT2D eigenvalue weighted by Crippen LogP contribution is -2.04. The monoisotopic (exact) mass is 209 g/mol. The average Bonchev–Trinajstić information content (AvgIpc) is 2.34. The first kappa shape index (κ1) is 19.4. The van der Waals surface area contributed by atoms with Crippen molar-refractivity contribution in [3.8, 4) is 0 Å². The van der Waals surface area contributed by atoms with Gasteiger partial charge in [-0.05, 0) is 18.6 Å². The van der Waals surface area contributed by atoms with Gasteiger partial charge in [-0.15, -0.1) is 0 Å². The third-order valence-electron chi connectivity index (χ3n) is 1.35. The van der Waals surface area contributed by atoms with Gasteiger partial charge in [-0.2, -0.15) is 0 Å². The zero-order valence-electron chi connectivity index (χ0n) is 11.2. The standard InChI is InChI=1S/C10H15N.2C2H6/c1-5-8-9(6-2)10(7-3)11-4;2*1-2/h5-8,11H,2-3H2,1,4H3;2*1-2H3/b8-5-,10-9+;;. The van der Waals surface area contributed by atoms with E-state index in [1.165, 1.54) is 0 Å². The lowest BCUT2D eigenvalue weighted by Gasteiger charge is -2.02. The van der Waals surface area contributed by atoms with Crippen LogP contribution in [-0.4, -0.2) is 7.05 Å². The molecule has 0 aliphatic carbocycles. The Bertz CT molecular complexity index is 197. The highest BCUT2D eigenvalue weighted by atomic mass is 14.8. The highest BCUT2D eigenvalue weighted by Gasteiger charge is 1.91. The largest absolute Gasteiger partial charge is 0.388 e. The summed E-state index contributed by atoms with van der Waals surface area (Å²) in [5, 5.41) is 3.03. The van der Waals surface area contributed by atoms with E-state index in [2.05, 4.69) is 18.5 Å². The van der Waals surface area contributed by atoms with Crippen molar-refractivity contribution in [1.29, 1.82) is 0 Å². The van der Waals surface area contributed by atoms with Crippen LogP contribution in [0.4, 0.5) is 0 Å². The Labute approximate surface area is 96.3 Å². The van der Waals surface area contributed by atoms with Crippen LogP contribution in [0.5, 0.6) is 0 Å². The minimum Gasteiger partial charge on any atom is -0.388 e. The Balaban J connectivity index is -0.000000318. The van der Waals surface area contributed by atoms with E-state index in [0.717, 1.165) is 11.3 Å². The van der Waals surface area contributed by atoms with E-state index in [1.807, 2.05) is 53.8 Å². The molecule has 0 aromatic heterocycles. The van der Waals surface area contributed by atoms with Crippen molar-refractivity contribution < 1.29 is 0 Å². The molecule has 0 atom stereocenters. The highest BCUT2D eigenvalue weighted by molar-refractivity contribution is 5.38. The summed E-state index contributed by atoms with van der Waals surface area (Å²) in [6, 6.07) is 0. The van der Waals surface area contributed by atoms with Crippen molar-refractivity contribution >= 4 is 0 Å². The maximum absolute atomic E-state index is 3.70. The molecule has 0 aliphatic heterocycles. The van der Waals surface area contributed by atoms with Gasteiger partial charge in [0.1, 0.15) is 0 Å². The lowest BCUT2D eigenvalue weighted by atomic mass is 10.2. The van der Waals surface area contributed by atoms with Crippen molar-refractivity contribution in [2.24, 2.45) is 0 Å². The maximum atomic E-state index is 3.70. The molecule has 0 aromatic carbocycles. The van der Waals surface area contributed by atoms with E-state index >= 15 is 0 Å². The van der Waals surface area contributed by atoms with Gasteiger partial charge in [0.25, 0.3) is 0 Å². The normalized spacial score (nSPS) is 10.0. The second kappa shape index (κ2) is 18.5. The summed E-state index contributed by atoms with van der Waals surface area (Å²) in [6.45, 7) is 17.4. The molecule has 0 radical (unpaired) electrons. The van der Waals surface area contributed by atoms with Gasteiger partial charge in [-0.3, -0.25) is 0 Å². The fourth-order valence-electron chi connectivity index (χ4n) is 0.812. The third kappa shape index (κ3) is 10.7. The molecule has 1 heteroatoms. The average molecular weight is 209 g/mol. The number of likely N-dealkylation sites (N-methyl/N-ethyl adjacent to an activating group) is 1. The first-order valence-electron chi connectivity index (χ1n) is 5.59. The topological polar surface area (TPSA) is 12.0 Å². The first-order chi connectivity index (χ1) is 7.29. The molecular formula is C14H27N. The van der Waals surface area contributed by atoms with E-state index in [-0.39, 0.29) is 0 Å². The summed E-state index contributed by atoms with van der Waals surface area (Å²) >= 11 is 0. The number of hydrogen-bond acceptors (Lipinski definition) is 1. The van der Waals surface area contributed by atoms with E-state index in [1.54, 1.807) is 12.2 Å². The van der Waals surface area contributed by atoms with Gasteiger partial charge in [0.2, 0.25) is 0 Å². The van der Waals surface area contributed by atoms with Crippen molar-refractivity contribution in [1.82, 2.24) is 5.32 Å². The lowest BCUT2D eigenvalue weighted by molar-refractivity contribution is 1.02. The second-order valence-electron chi connectivity index (χ2n) is 2.03. The van der Waals surface area contributed by atoms with Crippen LogP contribution in [0.25, 0.3) is 0 Å². The molecule has 0 amide bonds. The molecule has 0 saturated carbocycles. The molecular weight excluding hydrogens is 182 g/mol. The van der Waals surface area contributed by atoms with Crippen LogP contribution in [0.15, 0.2) is 48.7 Å². The Morgan fingerprint density at radius 3 is 1.67 bits per heavy atom. The van der Waals surface area contributed by atoms with Crippen LogP contribution in [0.2, 0.25) is 0 Å². The maximum Gasteiger partial charge on any atom is 0.0404 e. The SMILES string of the molecule is C=CC(/C=C\C)=C(/C=C)NC.CC.CC. The predicted octanol–water partition coefficient (Wildman–Crippen LogP) is 4.46. The number of allylic oxidation sites excluding steroid dienone is 5. The Morgan fingerprint density at radius 1 is 1.00 bits per heavy atom. The summed E-state index contributed by atoms with van der Waals surface area (Å²) in [5.74, 6) is 0. The second-order valence-corrected chi connectivity index (χ2v) is 2.03. The molecule has 0 aromatic rings. The van der Waals surface area contributed by atoms with Crippen molar-refractivity contribution in [2.45, 2.75) is 34.6 Å². The third-order valence-corrected chi connectivity index (χ3v) is 1.35. The van der Waals surface area contributed by atoms with E-state index in [4.69, 9.17) is 0 Å². The smallest absolute Gasteiger partial charge is 0.0404 e. The van der Waals surface area contributed by atoms with E-state index in [0.29, 0.717) is 0 Å². The van der Waals surface area contributed by atoms with Crippen molar-refractivity contribution in [2.75, 3.05) is 7.05 Å². The van der Waals surface area contributed by atoms with Gasteiger partial charge in [0, 0.05) is 12.7 Å². The van der Waals surface area contributed by atoms with Crippen LogP contribution in [-0.2, 0) is 0 Å². The van der Waals surface area contributed by atoms with Gasteiger partial charge in [-0.1, -0.05) is 59.1 Å². The molecule has 0 fully saturated rings. The Hall–Kier alpha value is -1.24. The fourth-order valence-corrected chi connectivity index (χ4v) is 0.812. The Morgan fingerprint density at radius 2 is 1.47 bits per heavy atom. The molecule has 0 unspecified atom stereocenters. The molecule has 15 heavy (non-hydrogen) atoms. The molecule has 0 bridgehead atoms. The zero-order valence-corrected chi connectivity index (χ0v) is 11.2. The van der Waals surface area contributed by atoms with E-state index < -0.39 is 0 Å². The van der Waals surface area contributed by atoms with Crippen molar-refractivity contribution in [3.63, 3.8) is 0 Å². The number of hydrogen-bond donors (Lipinski definition) is 1.